The number of phenolic OH excluding ortho intramolecular Hbond substituents is 1. The zero-order valence-electron chi connectivity index (χ0n) is 6.62. The summed E-state index contributed by atoms with van der Waals surface area (Å²) in [5.74, 6) is 0.308. The summed E-state index contributed by atoms with van der Waals surface area (Å²) in [5.41, 5.74) is 6.68. The first kappa shape index (κ1) is 8.08. The monoisotopic (exact) mass is 151 g/mol. The van der Waals surface area contributed by atoms with Crippen molar-refractivity contribution >= 4 is 0 Å². The average molecular weight is 151 g/mol. The van der Waals surface area contributed by atoms with E-state index < -0.39 is 0 Å². The summed E-state index contributed by atoms with van der Waals surface area (Å²) in [6.07, 6.45) is 0.814. The van der Waals surface area contributed by atoms with Crippen LogP contribution < -0.4 is 5.73 Å². The van der Waals surface area contributed by atoms with E-state index in [2.05, 4.69) is 0 Å². The van der Waals surface area contributed by atoms with Gasteiger partial charge in [-0.15, -0.1) is 0 Å². The van der Waals surface area contributed by atoms with E-state index in [0.29, 0.717) is 5.75 Å². The molecule has 0 aromatic heterocycles. The first-order valence-corrected chi connectivity index (χ1v) is 3.72. The topological polar surface area (TPSA) is 46.2 Å². The van der Waals surface area contributed by atoms with Crippen LogP contribution in [-0.2, 0) is 6.42 Å². The summed E-state index contributed by atoms with van der Waals surface area (Å²) in [6, 6.07) is 7.33. The Labute approximate surface area is 66.7 Å². The fourth-order valence-electron chi connectivity index (χ4n) is 1.06. The summed E-state index contributed by atoms with van der Waals surface area (Å²) in [5, 5.41) is 9.09. The Hall–Kier alpha value is -1.02. The molecule has 2 heteroatoms. The second-order valence-corrected chi connectivity index (χ2v) is 2.85. The van der Waals surface area contributed by atoms with E-state index in [1.807, 2.05) is 19.1 Å². The number of hydrogen-bond acceptors (Lipinski definition) is 2. The van der Waals surface area contributed by atoms with Crippen molar-refractivity contribution in [2.45, 2.75) is 19.4 Å². The van der Waals surface area contributed by atoms with Crippen LogP contribution in [0.3, 0.4) is 0 Å². The van der Waals surface area contributed by atoms with Crippen molar-refractivity contribution in [3.8, 4) is 5.75 Å². The number of aromatic hydroxyl groups is 1. The Balaban J connectivity index is 2.71. The fraction of sp³-hybridized carbons (Fsp3) is 0.333. The molecular formula is C9H13NO. The smallest absolute Gasteiger partial charge is 0.115 e. The highest BCUT2D eigenvalue weighted by Crippen LogP contribution is 2.11. The minimum Gasteiger partial charge on any atom is -0.508 e. The molecule has 0 fully saturated rings. The Bertz CT molecular complexity index is 233. The molecule has 1 aromatic carbocycles. The van der Waals surface area contributed by atoms with Gasteiger partial charge >= 0.3 is 0 Å². The summed E-state index contributed by atoms with van der Waals surface area (Å²) in [7, 11) is 0. The van der Waals surface area contributed by atoms with Crippen molar-refractivity contribution in [3.63, 3.8) is 0 Å². The third kappa shape index (κ3) is 2.60. The van der Waals surface area contributed by atoms with Crippen molar-refractivity contribution in [1.82, 2.24) is 0 Å². The number of hydrogen-bond donors (Lipinski definition) is 2. The lowest BCUT2D eigenvalue weighted by Gasteiger charge is -2.04. The maximum absolute atomic E-state index is 9.09. The van der Waals surface area contributed by atoms with Crippen LogP contribution in [0, 0.1) is 0 Å². The number of phenols is 1. The maximum atomic E-state index is 9.09. The summed E-state index contributed by atoms with van der Waals surface area (Å²) in [4.78, 5) is 0. The lowest BCUT2D eigenvalue weighted by Crippen LogP contribution is -2.17. The van der Waals surface area contributed by atoms with E-state index in [1.165, 1.54) is 0 Å². The second kappa shape index (κ2) is 3.39. The number of benzene rings is 1. The van der Waals surface area contributed by atoms with Gasteiger partial charge in [-0.3, -0.25) is 0 Å². The summed E-state index contributed by atoms with van der Waals surface area (Å²) in [6.45, 7) is 1.95. The fourth-order valence-corrected chi connectivity index (χ4v) is 1.06. The van der Waals surface area contributed by atoms with Gasteiger partial charge in [-0.25, -0.2) is 0 Å². The van der Waals surface area contributed by atoms with Crippen molar-refractivity contribution in [1.29, 1.82) is 0 Å². The quantitative estimate of drug-likeness (QED) is 0.668. The molecule has 0 saturated carbocycles. The predicted octanol–water partition coefficient (Wildman–Crippen LogP) is 1.28. The van der Waals surface area contributed by atoms with E-state index in [-0.39, 0.29) is 6.04 Å². The standard InChI is InChI=1S/C9H13NO/c1-7(10)5-8-3-2-4-9(11)6-8/h2-4,6-7,11H,5,10H2,1H3/t7-/m1/s1. The third-order valence-corrected chi connectivity index (χ3v) is 1.47. The SMILES string of the molecule is C[C@@H](N)Cc1cccc(O)c1. The third-order valence-electron chi connectivity index (χ3n) is 1.47. The normalized spacial score (nSPS) is 12.9. The lowest BCUT2D eigenvalue weighted by molar-refractivity contribution is 0.474. The van der Waals surface area contributed by atoms with Crippen LogP contribution in [0.5, 0.6) is 5.75 Å². The highest BCUT2D eigenvalue weighted by molar-refractivity contribution is 5.27. The first-order chi connectivity index (χ1) is 5.18. The van der Waals surface area contributed by atoms with E-state index in [1.54, 1.807) is 12.1 Å². The Morgan fingerprint density at radius 3 is 2.82 bits per heavy atom. The molecule has 0 aliphatic carbocycles. The van der Waals surface area contributed by atoms with E-state index in [4.69, 9.17) is 10.8 Å². The molecule has 2 nitrogen and oxygen atoms in total. The molecule has 60 valence electrons. The maximum Gasteiger partial charge on any atom is 0.115 e. The van der Waals surface area contributed by atoms with Crippen molar-refractivity contribution in [3.05, 3.63) is 29.8 Å². The van der Waals surface area contributed by atoms with Crippen molar-refractivity contribution in [2.75, 3.05) is 0 Å². The largest absolute Gasteiger partial charge is 0.508 e. The van der Waals surface area contributed by atoms with Crippen LogP contribution in [-0.4, -0.2) is 11.1 Å². The Kier molecular flexibility index (Phi) is 2.49. The van der Waals surface area contributed by atoms with Crippen molar-refractivity contribution < 1.29 is 5.11 Å². The molecule has 1 rings (SSSR count). The van der Waals surface area contributed by atoms with Gasteiger partial charge in [-0.2, -0.15) is 0 Å². The van der Waals surface area contributed by atoms with E-state index in [0.717, 1.165) is 12.0 Å². The summed E-state index contributed by atoms with van der Waals surface area (Å²) >= 11 is 0. The summed E-state index contributed by atoms with van der Waals surface area (Å²) < 4.78 is 0. The zero-order valence-corrected chi connectivity index (χ0v) is 6.62. The average Bonchev–Trinajstić information content (AvgIpc) is 1.85. The van der Waals surface area contributed by atoms with Crippen LogP contribution in [0.2, 0.25) is 0 Å². The van der Waals surface area contributed by atoms with Crippen LogP contribution >= 0.6 is 0 Å². The van der Waals surface area contributed by atoms with Gasteiger partial charge in [0, 0.05) is 6.04 Å². The van der Waals surface area contributed by atoms with Gasteiger partial charge in [-0.05, 0) is 31.0 Å². The minimum absolute atomic E-state index is 0.150. The molecule has 0 spiro atoms. The molecule has 0 radical (unpaired) electrons. The van der Waals surface area contributed by atoms with Gasteiger partial charge < -0.3 is 10.8 Å². The molecule has 0 amide bonds. The number of rotatable bonds is 2. The highest BCUT2D eigenvalue weighted by Gasteiger charge is 1.97. The van der Waals surface area contributed by atoms with E-state index >= 15 is 0 Å². The van der Waals surface area contributed by atoms with Crippen LogP contribution in [0.15, 0.2) is 24.3 Å². The van der Waals surface area contributed by atoms with Gasteiger partial charge in [0.25, 0.3) is 0 Å². The zero-order chi connectivity index (χ0) is 8.27. The van der Waals surface area contributed by atoms with Gasteiger partial charge in [-0.1, -0.05) is 12.1 Å². The molecular weight excluding hydrogens is 138 g/mol. The molecule has 11 heavy (non-hydrogen) atoms. The lowest BCUT2D eigenvalue weighted by atomic mass is 10.1. The molecule has 0 bridgehead atoms. The second-order valence-electron chi connectivity index (χ2n) is 2.85. The Morgan fingerprint density at radius 1 is 1.55 bits per heavy atom. The predicted molar refractivity (Wildman–Crippen MR) is 45.5 cm³/mol. The van der Waals surface area contributed by atoms with Gasteiger partial charge in [0.2, 0.25) is 0 Å². The van der Waals surface area contributed by atoms with Crippen molar-refractivity contribution in [2.24, 2.45) is 5.73 Å². The molecule has 0 saturated heterocycles. The van der Waals surface area contributed by atoms with E-state index in [9.17, 15) is 0 Å². The molecule has 1 aromatic rings. The van der Waals surface area contributed by atoms with Crippen LogP contribution in [0.1, 0.15) is 12.5 Å². The van der Waals surface area contributed by atoms with Crippen LogP contribution in [0.4, 0.5) is 0 Å². The highest BCUT2D eigenvalue weighted by atomic mass is 16.3. The first-order valence-electron chi connectivity index (χ1n) is 3.72. The van der Waals surface area contributed by atoms with Gasteiger partial charge in [0.05, 0.1) is 0 Å². The molecule has 1 atom stereocenters. The minimum atomic E-state index is 0.150. The van der Waals surface area contributed by atoms with Gasteiger partial charge in [0.1, 0.15) is 5.75 Å². The molecule has 0 heterocycles. The van der Waals surface area contributed by atoms with Crippen LogP contribution in [0.25, 0.3) is 0 Å². The Morgan fingerprint density at radius 2 is 2.27 bits per heavy atom. The molecule has 0 aliphatic rings. The molecule has 3 N–H and O–H groups in total. The molecule has 0 aliphatic heterocycles. The van der Waals surface area contributed by atoms with Gasteiger partial charge in [0.15, 0.2) is 0 Å². The number of nitrogens with two attached hydrogens (primary N) is 1. The molecule has 0 unspecified atom stereocenters.